The van der Waals surface area contributed by atoms with Gasteiger partial charge in [0, 0.05) is 5.69 Å². The summed E-state index contributed by atoms with van der Waals surface area (Å²) in [5, 5.41) is 9.59. The highest BCUT2D eigenvalue weighted by molar-refractivity contribution is 8.05. The Hall–Kier alpha value is -2.53. The third kappa shape index (κ3) is 3.99. The molecule has 1 saturated heterocycles. The molecule has 2 amide bonds. The number of primary amides is 1. The molecule has 2 aromatic rings. The lowest BCUT2D eigenvalue weighted by Gasteiger charge is -2.18. The predicted molar refractivity (Wildman–Crippen MR) is 107 cm³/mol. The van der Waals surface area contributed by atoms with Crippen molar-refractivity contribution in [2.45, 2.75) is 11.7 Å². The summed E-state index contributed by atoms with van der Waals surface area (Å²) in [7, 11) is 0. The number of carbonyl (C=O) groups excluding carboxylic acids is 2. The second kappa shape index (κ2) is 8.23. The Morgan fingerprint density at radius 1 is 1.21 bits per heavy atom. The van der Waals surface area contributed by atoms with Crippen LogP contribution in [-0.4, -0.2) is 17.1 Å². The van der Waals surface area contributed by atoms with Gasteiger partial charge in [0.2, 0.25) is 5.91 Å². The summed E-state index contributed by atoms with van der Waals surface area (Å²) in [6, 6.07) is 11.9. The molecule has 3 rings (SSSR count). The molecule has 28 heavy (non-hydrogen) atoms. The number of nitriles is 1. The molecule has 1 aliphatic heterocycles. The minimum atomic E-state index is -0.944. The molecule has 0 saturated carbocycles. The monoisotopic (exact) mass is 435 g/mol. The standard InChI is InChI=1S/C19H12Cl2FN3O2S/c20-14-6-1-10(7-15(14)21)8-16-18(27)25(12-4-2-11(22)3-5-12)19(28-16)13(9-23)17(24)26/h1-7,16H,8H2,(H2,24,26)/b19-13-/t16-/m1/s1. The van der Waals surface area contributed by atoms with E-state index in [2.05, 4.69) is 0 Å². The number of nitrogens with two attached hydrogens (primary N) is 1. The largest absolute Gasteiger partial charge is 0.365 e. The normalized spacial score (nSPS) is 18.1. The molecule has 0 aliphatic carbocycles. The zero-order valence-corrected chi connectivity index (χ0v) is 16.5. The number of rotatable bonds is 4. The number of carbonyl (C=O) groups is 2. The summed E-state index contributed by atoms with van der Waals surface area (Å²) >= 11 is 13.0. The van der Waals surface area contributed by atoms with Crippen LogP contribution in [0.2, 0.25) is 10.0 Å². The highest BCUT2D eigenvalue weighted by Gasteiger charge is 2.40. The van der Waals surface area contributed by atoms with Gasteiger partial charge in [-0.3, -0.25) is 14.5 Å². The third-order valence-corrected chi connectivity index (χ3v) is 6.02. The van der Waals surface area contributed by atoms with E-state index >= 15 is 0 Å². The van der Waals surface area contributed by atoms with E-state index in [1.807, 2.05) is 0 Å². The molecule has 2 aromatic carbocycles. The molecule has 1 aliphatic rings. The first kappa shape index (κ1) is 20.2. The van der Waals surface area contributed by atoms with Crippen LogP contribution in [-0.2, 0) is 16.0 Å². The van der Waals surface area contributed by atoms with E-state index in [0.29, 0.717) is 22.2 Å². The van der Waals surface area contributed by atoms with Gasteiger partial charge in [0.05, 0.1) is 15.3 Å². The molecule has 1 heterocycles. The molecule has 1 atom stereocenters. The summed E-state index contributed by atoms with van der Waals surface area (Å²) in [6.45, 7) is 0. The quantitative estimate of drug-likeness (QED) is 0.579. The van der Waals surface area contributed by atoms with Gasteiger partial charge in [-0.15, -0.1) is 0 Å². The Kier molecular flexibility index (Phi) is 5.94. The molecule has 2 N–H and O–H groups in total. The fourth-order valence-electron chi connectivity index (χ4n) is 2.71. The van der Waals surface area contributed by atoms with Crippen molar-refractivity contribution < 1.29 is 14.0 Å². The van der Waals surface area contributed by atoms with Gasteiger partial charge in [-0.1, -0.05) is 41.0 Å². The molecule has 9 heteroatoms. The van der Waals surface area contributed by atoms with Gasteiger partial charge >= 0.3 is 0 Å². The fourth-order valence-corrected chi connectivity index (χ4v) is 4.34. The lowest BCUT2D eigenvalue weighted by atomic mass is 10.1. The van der Waals surface area contributed by atoms with E-state index < -0.39 is 17.0 Å². The summed E-state index contributed by atoms with van der Waals surface area (Å²) in [4.78, 5) is 26.0. The van der Waals surface area contributed by atoms with Gasteiger partial charge < -0.3 is 5.73 Å². The van der Waals surface area contributed by atoms with E-state index in [1.165, 1.54) is 29.2 Å². The zero-order chi connectivity index (χ0) is 20.4. The van der Waals surface area contributed by atoms with Gasteiger partial charge in [0.25, 0.3) is 5.91 Å². The number of thioether (sulfide) groups is 1. The van der Waals surface area contributed by atoms with Gasteiger partial charge in [0.15, 0.2) is 0 Å². The number of hydrogen-bond donors (Lipinski definition) is 1. The highest BCUT2D eigenvalue weighted by atomic mass is 35.5. The number of nitrogens with zero attached hydrogens (tertiary/aromatic N) is 2. The van der Waals surface area contributed by atoms with Crippen molar-refractivity contribution in [2.24, 2.45) is 5.73 Å². The van der Waals surface area contributed by atoms with E-state index in [9.17, 15) is 19.2 Å². The van der Waals surface area contributed by atoms with Crippen molar-refractivity contribution in [1.82, 2.24) is 0 Å². The number of amides is 2. The van der Waals surface area contributed by atoms with Crippen molar-refractivity contribution in [3.8, 4) is 6.07 Å². The smallest absolute Gasteiger partial charge is 0.262 e. The van der Waals surface area contributed by atoms with Crippen LogP contribution in [0.5, 0.6) is 0 Å². The summed E-state index contributed by atoms with van der Waals surface area (Å²) in [5.41, 5.74) is 6.07. The van der Waals surface area contributed by atoms with Crippen LogP contribution in [0.1, 0.15) is 5.56 Å². The average molecular weight is 436 g/mol. The first-order valence-electron chi connectivity index (χ1n) is 7.96. The number of halogens is 3. The molecular formula is C19H12Cl2FN3O2S. The van der Waals surface area contributed by atoms with Crippen LogP contribution in [0.25, 0.3) is 0 Å². The maximum atomic E-state index is 13.3. The maximum Gasteiger partial charge on any atom is 0.262 e. The first-order valence-corrected chi connectivity index (χ1v) is 9.59. The summed E-state index contributed by atoms with van der Waals surface area (Å²) < 4.78 is 13.3. The fraction of sp³-hybridized carbons (Fsp3) is 0.105. The van der Waals surface area contributed by atoms with Crippen molar-refractivity contribution in [3.05, 3.63) is 74.5 Å². The number of hydrogen-bond acceptors (Lipinski definition) is 4. The van der Waals surface area contributed by atoms with Crippen LogP contribution >= 0.6 is 35.0 Å². The van der Waals surface area contributed by atoms with Gasteiger partial charge in [-0.2, -0.15) is 5.26 Å². The topological polar surface area (TPSA) is 87.2 Å². The van der Waals surface area contributed by atoms with Crippen molar-refractivity contribution in [1.29, 1.82) is 5.26 Å². The molecule has 0 aromatic heterocycles. The molecule has 0 spiro atoms. The van der Waals surface area contributed by atoms with Crippen LogP contribution < -0.4 is 10.6 Å². The van der Waals surface area contributed by atoms with Crippen LogP contribution in [0.3, 0.4) is 0 Å². The molecule has 0 radical (unpaired) electrons. The minimum Gasteiger partial charge on any atom is -0.365 e. The molecule has 5 nitrogen and oxygen atoms in total. The maximum absolute atomic E-state index is 13.3. The van der Waals surface area contributed by atoms with Gasteiger partial charge in [0.1, 0.15) is 22.5 Å². The van der Waals surface area contributed by atoms with Crippen LogP contribution in [0.4, 0.5) is 10.1 Å². The van der Waals surface area contributed by atoms with Crippen molar-refractivity contribution in [3.63, 3.8) is 0 Å². The SMILES string of the molecule is N#C/C(C(N)=O)=C1/S[C@H](Cc2ccc(Cl)c(Cl)c2)C(=O)N1c1ccc(F)cc1. The third-order valence-electron chi connectivity index (χ3n) is 4.01. The second-order valence-electron chi connectivity index (χ2n) is 5.87. The lowest BCUT2D eigenvalue weighted by Crippen LogP contribution is -2.31. The molecular weight excluding hydrogens is 424 g/mol. The van der Waals surface area contributed by atoms with Gasteiger partial charge in [-0.05, 0) is 48.4 Å². The van der Waals surface area contributed by atoms with Crippen LogP contribution in [0.15, 0.2) is 53.1 Å². The van der Waals surface area contributed by atoms with Crippen molar-refractivity contribution >= 4 is 52.5 Å². The van der Waals surface area contributed by atoms with E-state index in [-0.39, 0.29) is 16.5 Å². The average Bonchev–Trinajstić information content (AvgIpc) is 2.95. The Balaban J connectivity index is 2.02. The Bertz CT molecular complexity index is 1030. The van der Waals surface area contributed by atoms with Gasteiger partial charge in [-0.25, -0.2) is 4.39 Å². The minimum absolute atomic E-state index is 0.122. The Labute approximate surface area is 174 Å². The predicted octanol–water partition coefficient (Wildman–Crippen LogP) is 4.04. The Morgan fingerprint density at radius 3 is 2.46 bits per heavy atom. The zero-order valence-electron chi connectivity index (χ0n) is 14.2. The van der Waals surface area contributed by atoms with Crippen LogP contribution in [0, 0.1) is 17.1 Å². The van der Waals surface area contributed by atoms with Crippen molar-refractivity contribution in [2.75, 3.05) is 4.90 Å². The van der Waals surface area contributed by atoms with E-state index in [0.717, 1.165) is 17.3 Å². The molecule has 142 valence electrons. The number of benzene rings is 2. The van der Waals surface area contributed by atoms with E-state index in [4.69, 9.17) is 28.9 Å². The van der Waals surface area contributed by atoms with E-state index in [1.54, 1.807) is 24.3 Å². The highest BCUT2D eigenvalue weighted by Crippen LogP contribution is 2.42. The molecule has 1 fully saturated rings. The Morgan fingerprint density at radius 2 is 1.89 bits per heavy atom. The second-order valence-corrected chi connectivity index (χ2v) is 7.87. The molecule has 0 unspecified atom stereocenters. The summed E-state index contributed by atoms with van der Waals surface area (Å²) in [6.07, 6.45) is 0.291. The number of anilines is 1. The first-order chi connectivity index (χ1) is 13.3. The molecule has 0 bridgehead atoms. The lowest BCUT2D eigenvalue weighted by molar-refractivity contribution is -0.117. The summed E-state index contributed by atoms with van der Waals surface area (Å²) in [5.74, 6) is -1.77.